The standard InChI is InChI=1S/C24H45NO3/c1-3-4-5-12-15-22(26)16-13-10-8-6-7-9-11-14-17-24(27)28-23-18-20-25(2)21-19-23/h10,13,22-23,26H,3-9,11-12,14-21H2,1-2H3/b13-10-/t22-/m1/s1. The number of piperidine rings is 1. The fourth-order valence-corrected chi connectivity index (χ4v) is 3.71. The molecule has 0 radical (unpaired) electrons. The molecule has 0 spiro atoms. The Morgan fingerprint density at radius 2 is 1.71 bits per heavy atom. The molecule has 1 aliphatic rings. The predicted molar refractivity (Wildman–Crippen MR) is 117 cm³/mol. The zero-order valence-corrected chi connectivity index (χ0v) is 18.5. The second kappa shape index (κ2) is 17.0. The van der Waals surface area contributed by atoms with Gasteiger partial charge < -0.3 is 14.7 Å². The van der Waals surface area contributed by atoms with Crippen LogP contribution in [0.25, 0.3) is 0 Å². The molecular formula is C24H45NO3. The molecule has 1 heterocycles. The van der Waals surface area contributed by atoms with E-state index in [4.69, 9.17) is 4.74 Å². The van der Waals surface area contributed by atoms with Crippen LogP contribution in [0, 0.1) is 0 Å². The van der Waals surface area contributed by atoms with Crippen molar-refractivity contribution in [2.45, 2.75) is 115 Å². The van der Waals surface area contributed by atoms with Gasteiger partial charge in [0.05, 0.1) is 6.10 Å². The number of ether oxygens (including phenoxy) is 1. The van der Waals surface area contributed by atoms with Gasteiger partial charge in [-0.25, -0.2) is 0 Å². The molecule has 0 bridgehead atoms. The first-order valence-electron chi connectivity index (χ1n) is 11.8. The normalized spacial score (nSPS) is 17.2. The van der Waals surface area contributed by atoms with E-state index in [9.17, 15) is 9.90 Å². The van der Waals surface area contributed by atoms with Crippen LogP contribution >= 0.6 is 0 Å². The molecule has 1 fully saturated rings. The lowest BCUT2D eigenvalue weighted by molar-refractivity contribution is -0.151. The van der Waals surface area contributed by atoms with Gasteiger partial charge in [0.15, 0.2) is 0 Å². The van der Waals surface area contributed by atoms with Crippen molar-refractivity contribution in [1.82, 2.24) is 4.90 Å². The molecule has 0 aromatic rings. The molecule has 0 aliphatic carbocycles. The number of aliphatic hydroxyl groups excluding tert-OH is 1. The van der Waals surface area contributed by atoms with E-state index >= 15 is 0 Å². The number of carbonyl (C=O) groups is 1. The minimum Gasteiger partial charge on any atom is -0.462 e. The number of nitrogens with zero attached hydrogens (tertiary/aromatic N) is 1. The summed E-state index contributed by atoms with van der Waals surface area (Å²) in [5.74, 6) is -0.00858. The number of rotatable bonds is 16. The third-order valence-corrected chi connectivity index (χ3v) is 5.68. The number of allylic oxidation sites excluding steroid dienone is 1. The Morgan fingerprint density at radius 1 is 1.04 bits per heavy atom. The summed E-state index contributed by atoms with van der Waals surface area (Å²) >= 11 is 0. The molecule has 4 heteroatoms. The maximum Gasteiger partial charge on any atom is 0.306 e. The molecule has 0 saturated carbocycles. The van der Waals surface area contributed by atoms with Crippen LogP contribution < -0.4 is 0 Å². The molecule has 1 saturated heterocycles. The molecule has 1 rings (SSSR count). The summed E-state index contributed by atoms with van der Waals surface area (Å²) in [4.78, 5) is 14.2. The molecular weight excluding hydrogens is 350 g/mol. The minimum absolute atomic E-state index is 0.00858. The Kier molecular flexibility index (Phi) is 15.3. The van der Waals surface area contributed by atoms with E-state index in [1.165, 1.54) is 38.5 Å². The van der Waals surface area contributed by atoms with Crippen molar-refractivity contribution in [2.24, 2.45) is 0 Å². The quantitative estimate of drug-likeness (QED) is 0.209. The first-order chi connectivity index (χ1) is 13.6. The monoisotopic (exact) mass is 395 g/mol. The Hall–Kier alpha value is -0.870. The second-order valence-electron chi connectivity index (χ2n) is 8.51. The van der Waals surface area contributed by atoms with E-state index in [2.05, 4.69) is 31.0 Å². The zero-order valence-electron chi connectivity index (χ0n) is 18.5. The van der Waals surface area contributed by atoms with Crippen molar-refractivity contribution in [3.63, 3.8) is 0 Å². The molecule has 28 heavy (non-hydrogen) atoms. The van der Waals surface area contributed by atoms with Crippen LogP contribution in [0.4, 0.5) is 0 Å². The average Bonchev–Trinajstić information content (AvgIpc) is 2.68. The maximum atomic E-state index is 11.9. The molecule has 4 nitrogen and oxygen atoms in total. The summed E-state index contributed by atoms with van der Waals surface area (Å²) in [5.41, 5.74) is 0. The summed E-state index contributed by atoms with van der Waals surface area (Å²) in [5, 5.41) is 9.92. The Bertz CT molecular complexity index is 403. The second-order valence-corrected chi connectivity index (χ2v) is 8.51. The molecule has 164 valence electrons. The van der Waals surface area contributed by atoms with E-state index in [1.54, 1.807) is 0 Å². The highest BCUT2D eigenvalue weighted by Gasteiger charge is 2.19. The highest BCUT2D eigenvalue weighted by Crippen LogP contribution is 2.15. The van der Waals surface area contributed by atoms with Gasteiger partial charge in [0, 0.05) is 19.5 Å². The Balaban J connectivity index is 1.86. The van der Waals surface area contributed by atoms with Gasteiger partial charge in [0.1, 0.15) is 6.10 Å². The van der Waals surface area contributed by atoms with E-state index < -0.39 is 0 Å². The molecule has 1 atom stereocenters. The zero-order chi connectivity index (χ0) is 20.5. The number of esters is 1. The summed E-state index contributed by atoms with van der Waals surface area (Å²) in [6.45, 7) is 4.28. The van der Waals surface area contributed by atoms with Crippen molar-refractivity contribution < 1.29 is 14.6 Å². The molecule has 0 amide bonds. The number of aliphatic hydroxyl groups is 1. The third kappa shape index (κ3) is 14.2. The van der Waals surface area contributed by atoms with Crippen molar-refractivity contribution in [1.29, 1.82) is 0 Å². The van der Waals surface area contributed by atoms with Crippen molar-refractivity contribution >= 4 is 5.97 Å². The number of hydrogen-bond acceptors (Lipinski definition) is 4. The van der Waals surface area contributed by atoms with Crippen LogP contribution in [0.2, 0.25) is 0 Å². The van der Waals surface area contributed by atoms with Gasteiger partial charge in [-0.15, -0.1) is 0 Å². The number of likely N-dealkylation sites (tertiary alicyclic amines) is 1. The number of unbranched alkanes of at least 4 members (excludes halogenated alkanes) is 8. The van der Waals surface area contributed by atoms with Gasteiger partial charge in [-0.3, -0.25) is 4.79 Å². The molecule has 1 N–H and O–H groups in total. The van der Waals surface area contributed by atoms with Crippen LogP contribution in [0.15, 0.2) is 12.2 Å². The summed E-state index contributed by atoms with van der Waals surface area (Å²) in [6, 6.07) is 0. The topological polar surface area (TPSA) is 49.8 Å². The molecule has 0 unspecified atom stereocenters. The largest absolute Gasteiger partial charge is 0.462 e. The van der Waals surface area contributed by atoms with E-state index in [0.717, 1.165) is 64.5 Å². The van der Waals surface area contributed by atoms with Crippen LogP contribution in [0.1, 0.15) is 103 Å². The van der Waals surface area contributed by atoms with Crippen molar-refractivity contribution in [3.8, 4) is 0 Å². The summed E-state index contributed by atoms with van der Waals surface area (Å²) in [6.07, 6.45) is 20.3. The lowest BCUT2D eigenvalue weighted by Gasteiger charge is -2.28. The first-order valence-corrected chi connectivity index (χ1v) is 11.8. The van der Waals surface area contributed by atoms with Crippen molar-refractivity contribution in [3.05, 3.63) is 12.2 Å². The fourth-order valence-electron chi connectivity index (χ4n) is 3.71. The van der Waals surface area contributed by atoms with Crippen LogP contribution in [-0.4, -0.2) is 48.3 Å². The summed E-state index contributed by atoms with van der Waals surface area (Å²) < 4.78 is 5.57. The van der Waals surface area contributed by atoms with E-state index in [1.807, 2.05) is 0 Å². The van der Waals surface area contributed by atoms with Gasteiger partial charge >= 0.3 is 5.97 Å². The minimum atomic E-state index is -0.164. The fraction of sp³-hybridized carbons (Fsp3) is 0.875. The number of carbonyl (C=O) groups excluding carboxylic acids is 1. The Labute approximate surface area is 173 Å². The molecule has 0 aromatic carbocycles. The SMILES string of the molecule is CCCCCC[C@@H](O)C/C=C\CCCCCCCC(=O)OC1CCN(C)CC1. The average molecular weight is 396 g/mol. The van der Waals surface area contributed by atoms with Gasteiger partial charge in [-0.1, -0.05) is 64.0 Å². The highest BCUT2D eigenvalue weighted by molar-refractivity contribution is 5.69. The molecule has 0 aromatic heterocycles. The van der Waals surface area contributed by atoms with Gasteiger partial charge in [0.25, 0.3) is 0 Å². The van der Waals surface area contributed by atoms with E-state index in [0.29, 0.717) is 6.42 Å². The van der Waals surface area contributed by atoms with Crippen LogP contribution in [-0.2, 0) is 9.53 Å². The van der Waals surface area contributed by atoms with Crippen LogP contribution in [0.5, 0.6) is 0 Å². The lowest BCUT2D eigenvalue weighted by atomic mass is 10.1. The smallest absolute Gasteiger partial charge is 0.306 e. The lowest BCUT2D eigenvalue weighted by Crippen LogP contribution is -2.35. The third-order valence-electron chi connectivity index (χ3n) is 5.68. The van der Waals surface area contributed by atoms with E-state index in [-0.39, 0.29) is 18.2 Å². The van der Waals surface area contributed by atoms with Crippen molar-refractivity contribution in [2.75, 3.05) is 20.1 Å². The van der Waals surface area contributed by atoms with Gasteiger partial charge in [-0.05, 0) is 52.0 Å². The van der Waals surface area contributed by atoms with Gasteiger partial charge in [-0.2, -0.15) is 0 Å². The number of hydrogen-bond donors (Lipinski definition) is 1. The van der Waals surface area contributed by atoms with Crippen LogP contribution in [0.3, 0.4) is 0 Å². The maximum absolute atomic E-state index is 11.9. The van der Waals surface area contributed by atoms with Gasteiger partial charge in [0.2, 0.25) is 0 Å². The Morgan fingerprint density at radius 3 is 2.46 bits per heavy atom. The highest BCUT2D eigenvalue weighted by atomic mass is 16.5. The summed E-state index contributed by atoms with van der Waals surface area (Å²) in [7, 11) is 2.12. The first kappa shape index (κ1) is 25.2. The predicted octanol–water partition coefficient (Wildman–Crippen LogP) is 5.63. The molecule has 1 aliphatic heterocycles.